The van der Waals surface area contributed by atoms with Gasteiger partial charge in [-0.1, -0.05) is 32.1 Å². The molecule has 2 fully saturated rings. The third kappa shape index (κ3) is 3.53. The predicted octanol–water partition coefficient (Wildman–Crippen LogP) is 3.03. The second-order valence-corrected chi connectivity index (χ2v) is 14.3. The number of ether oxygens (including phenoxy) is 2. The molecule has 0 aliphatic carbocycles. The molecule has 0 bridgehead atoms. The fraction of sp³-hybridized carbons (Fsp3) is 1.00. The van der Waals surface area contributed by atoms with E-state index >= 15 is 0 Å². The first-order valence-corrected chi connectivity index (χ1v) is 15.0. The van der Waals surface area contributed by atoms with Crippen molar-refractivity contribution < 1.29 is 9.47 Å². The van der Waals surface area contributed by atoms with E-state index in [0.29, 0.717) is 0 Å². The highest BCUT2D eigenvalue weighted by atomic mass is 28.3. The second-order valence-electron chi connectivity index (χ2n) is 7.73. The van der Waals surface area contributed by atoms with Crippen LogP contribution in [0.1, 0.15) is 51.4 Å². The number of hydrogen-bond donors (Lipinski definition) is 1. The first-order valence-electron chi connectivity index (χ1n) is 9.57. The predicted molar refractivity (Wildman–Crippen MR) is 100 cm³/mol. The lowest BCUT2D eigenvalue weighted by molar-refractivity contribution is -0.164. The van der Waals surface area contributed by atoms with Crippen molar-refractivity contribution in [2.24, 2.45) is 5.73 Å². The van der Waals surface area contributed by atoms with Gasteiger partial charge in [-0.3, -0.25) is 0 Å². The average molecular weight is 344 g/mol. The summed E-state index contributed by atoms with van der Waals surface area (Å²) >= 11 is 0. The molecule has 2 aliphatic heterocycles. The SMILES string of the molecule is C[SiH](C)C1(C2([SiH](C)CCCCN)CCCCO2)CCCCO1. The fourth-order valence-electron chi connectivity index (χ4n) is 4.88. The second kappa shape index (κ2) is 8.42. The molecule has 2 aliphatic rings. The minimum atomic E-state index is -1.02. The molecule has 22 heavy (non-hydrogen) atoms. The van der Waals surface area contributed by atoms with Gasteiger partial charge in [0, 0.05) is 13.2 Å². The van der Waals surface area contributed by atoms with E-state index in [-0.39, 0.29) is 10.4 Å². The molecule has 3 nitrogen and oxygen atoms in total. The summed E-state index contributed by atoms with van der Waals surface area (Å²) in [6.45, 7) is 10.3. The Labute approximate surface area is 140 Å². The van der Waals surface area contributed by atoms with Crippen LogP contribution in [0.15, 0.2) is 0 Å². The highest BCUT2D eigenvalue weighted by Gasteiger charge is 2.58. The first-order chi connectivity index (χ1) is 10.6. The monoisotopic (exact) mass is 343 g/mol. The maximum atomic E-state index is 6.70. The molecule has 2 saturated heterocycles. The Morgan fingerprint density at radius 2 is 1.45 bits per heavy atom. The van der Waals surface area contributed by atoms with Crippen molar-refractivity contribution in [2.45, 2.75) is 87.5 Å². The Balaban J connectivity index is 2.25. The molecular weight excluding hydrogens is 306 g/mol. The van der Waals surface area contributed by atoms with Gasteiger partial charge in [0.1, 0.15) is 0 Å². The summed E-state index contributed by atoms with van der Waals surface area (Å²) < 4.78 is 13.3. The molecule has 0 spiro atoms. The average Bonchev–Trinajstić information content (AvgIpc) is 2.56. The zero-order chi connectivity index (χ0) is 16.1. The van der Waals surface area contributed by atoms with Gasteiger partial charge in [-0.25, -0.2) is 0 Å². The van der Waals surface area contributed by atoms with Crippen LogP contribution in [0, 0.1) is 0 Å². The molecule has 2 heterocycles. The number of nitrogens with two attached hydrogens (primary N) is 1. The molecule has 0 aromatic heterocycles. The van der Waals surface area contributed by atoms with Gasteiger partial charge in [-0.2, -0.15) is 0 Å². The third-order valence-electron chi connectivity index (χ3n) is 6.14. The standard InChI is InChI=1S/C17H37NO2Si2/c1-21(2)16(10-4-7-13-19-16)17(11-5-8-14-20-17)22(3)15-9-6-12-18/h21-22H,4-15,18H2,1-3H3. The molecule has 2 rings (SSSR count). The van der Waals surface area contributed by atoms with E-state index in [1.807, 2.05) is 0 Å². The number of rotatable bonds is 7. The van der Waals surface area contributed by atoms with Crippen LogP contribution in [-0.4, -0.2) is 47.8 Å². The van der Waals surface area contributed by atoms with Gasteiger partial charge < -0.3 is 15.2 Å². The molecule has 2 N–H and O–H groups in total. The van der Waals surface area contributed by atoms with Crippen molar-refractivity contribution in [3.8, 4) is 0 Å². The van der Waals surface area contributed by atoms with Crippen LogP contribution in [-0.2, 0) is 9.47 Å². The van der Waals surface area contributed by atoms with Crippen molar-refractivity contribution in [1.82, 2.24) is 0 Å². The van der Waals surface area contributed by atoms with Gasteiger partial charge in [0.2, 0.25) is 0 Å². The lowest BCUT2D eigenvalue weighted by Crippen LogP contribution is -2.71. The molecule has 0 amide bonds. The summed E-state index contributed by atoms with van der Waals surface area (Å²) in [5.74, 6) is 0. The third-order valence-corrected chi connectivity index (χ3v) is 13.1. The summed E-state index contributed by atoms with van der Waals surface area (Å²) in [5.41, 5.74) is 5.71. The number of hydrogen-bond acceptors (Lipinski definition) is 3. The van der Waals surface area contributed by atoms with Gasteiger partial charge in [0.15, 0.2) is 0 Å². The molecule has 5 heteroatoms. The lowest BCUT2D eigenvalue weighted by atomic mass is 9.96. The van der Waals surface area contributed by atoms with Gasteiger partial charge in [-0.05, 0) is 51.5 Å². The maximum absolute atomic E-state index is 6.70. The van der Waals surface area contributed by atoms with Gasteiger partial charge >= 0.3 is 0 Å². The molecule has 3 unspecified atom stereocenters. The van der Waals surface area contributed by atoms with Crippen molar-refractivity contribution in [2.75, 3.05) is 19.8 Å². The largest absolute Gasteiger partial charge is 0.376 e. The topological polar surface area (TPSA) is 44.5 Å². The molecular formula is C17H37NO2Si2. The van der Waals surface area contributed by atoms with Crippen molar-refractivity contribution >= 4 is 17.6 Å². The van der Waals surface area contributed by atoms with E-state index in [2.05, 4.69) is 19.6 Å². The van der Waals surface area contributed by atoms with Crippen LogP contribution in [0.5, 0.6) is 0 Å². The van der Waals surface area contributed by atoms with E-state index in [9.17, 15) is 0 Å². The van der Waals surface area contributed by atoms with Crippen LogP contribution in [0.25, 0.3) is 0 Å². The van der Waals surface area contributed by atoms with Gasteiger partial charge in [0.05, 0.1) is 28.0 Å². The van der Waals surface area contributed by atoms with Crippen LogP contribution in [0.2, 0.25) is 25.7 Å². The van der Waals surface area contributed by atoms with E-state index in [1.54, 1.807) is 0 Å². The molecule has 0 aromatic carbocycles. The zero-order valence-electron chi connectivity index (χ0n) is 15.0. The Bertz CT molecular complexity index is 327. The summed E-state index contributed by atoms with van der Waals surface area (Å²) in [4.78, 5) is 0. The van der Waals surface area contributed by atoms with E-state index in [1.165, 1.54) is 57.4 Å². The molecule has 0 aromatic rings. The normalized spacial score (nSPS) is 34.8. The number of unbranched alkanes of at least 4 members (excludes halogenated alkanes) is 1. The quantitative estimate of drug-likeness (QED) is 0.571. The van der Waals surface area contributed by atoms with E-state index < -0.39 is 17.6 Å². The van der Waals surface area contributed by atoms with Crippen LogP contribution >= 0.6 is 0 Å². The van der Waals surface area contributed by atoms with Gasteiger partial charge in [0.25, 0.3) is 0 Å². The Hall–Kier alpha value is 0.314. The fourth-order valence-corrected chi connectivity index (χ4v) is 12.7. The maximum Gasteiger partial charge on any atom is 0.0800 e. The molecule has 3 atom stereocenters. The molecule has 0 saturated carbocycles. The highest BCUT2D eigenvalue weighted by Crippen LogP contribution is 2.47. The van der Waals surface area contributed by atoms with Gasteiger partial charge in [-0.15, -0.1) is 0 Å². The zero-order valence-corrected chi connectivity index (χ0v) is 17.3. The smallest absolute Gasteiger partial charge is 0.0800 e. The van der Waals surface area contributed by atoms with E-state index in [4.69, 9.17) is 15.2 Å². The Morgan fingerprint density at radius 1 is 0.864 bits per heavy atom. The summed E-state index contributed by atoms with van der Waals surface area (Å²) in [6.07, 6.45) is 10.1. The van der Waals surface area contributed by atoms with Crippen molar-refractivity contribution in [3.05, 3.63) is 0 Å². The minimum absolute atomic E-state index is 0.111. The van der Waals surface area contributed by atoms with Crippen LogP contribution in [0.3, 0.4) is 0 Å². The Kier molecular flexibility index (Phi) is 7.14. The summed E-state index contributed by atoms with van der Waals surface area (Å²) in [7, 11) is -1.98. The summed E-state index contributed by atoms with van der Waals surface area (Å²) in [5, 5.41) is 0.223. The minimum Gasteiger partial charge on any atom is -0.376 e. The van der Waals surface area contributed by atoms with Crippen molar-refractivity contribution in [3.63, 3.8) is 0 Å². The molecule has 0 radical (unpaired) electrons. The highest BCUT2D eigenvalue weighted by molar-refractivity contribution is 6.67. The lowest BCUT2D eigenvalue weighted by Gasteiger charge is -2.58. The van der Waals surface area contributed by atoms with Crippen LogP contribution < -0.4 is 5.73 Å². The first kappa shape index (κ1) is 18.6. The Morgan fingerprint density at radius 3 is 1.91 bits per heavy atom. The summed E-state index contributed by atoms with van der Waals surface area (Å²) in [6, 6.07) is 1.36. The molecule has 130 valence electrons. The van der Waals surface area contributed by atoms with Crippen LogP contribution in [0.4, 0.5) is 0 Å². The van der Waals surface area contributed by atoms with Crippen molar-refractivity contribution in [1.29, 1.82) is 0 Å². The van der Waals surface area contributed by atoms with E-state index in [0.717, 1.165) is 19.8 Å².